The van der Waals surface area contributed by atoms with Crippen LogP contribution in [0.2, 0.25) is 0 Å². The van der Waals surface area contributed by atoms with Crippen LogP contribution in [0.15, 0.2) is 18.2 Å². The first-order valence-electron chi connectivity index (χ1n) is 8.44. The van der Waals surface area contributed by atoms with Gasteiger partial charge in [0.1, 0.15) is 0 Å². The van der Waals surface area contributed by atoms with Crippen molar-refractivity contribution in [1.82, 2.24) is 4.98 Å². The molecule has 130 valence electrons. The van der Waals surface area contributed by atoms with Crippen molar-refractivity contribution in [3.63, 3.8) is 0 Å². The zero-order chi connectivity index (χ0) is 17.6. The molecule has 0 aliphatic heterocycles. The minimum Gasteiger partial charge on any atom is -0.357 e. The van der Waals surface area contributed by atoms with E-state index >= 15 is 0 Å². The molecule has 4 rings (SSSR count). The lowest BCUT2D eigenvalue weighted by Crippen LogP contribution is -2.13. The lowest BCUT2D eigenvalue weighted by Gasteiger charge is -2.06. The maximum atomic E-state index is 13.4. The van der Waals surface area contributed by atoms with E-state index in [2.05, 4.69) is 10.3 Å². The second-order valence-corrected chi connectivity index (χ2v) is 7.69. The van der Waals surface area contributed by atoms with Gasteiger partial charge < -0.3 is 10.3 Å². The predicted molar refractivity (Wildman–Crippen MR) is 96.5 cm³/mol. The zero-order valence-electron chi connectivity index (χ0n) is 13.8. The number of halogens is 2. The highest BCUT2D eigenvalue weighted by atomic mass is 32.1. The van der Waals surface area contributed by atoms with Gasteiger partial charge in [-0.05, 0) is 50.3 Å². The highest BCUT2D eigenvalue weighted by Crippen LogP contribution is 2.37. The summed E-state index contributed by atoms with van der Waals surface area (Å²) in [5.74, 6) is -2.21. The van der Waals surface area contributed by atoms with Gasteiger partial charge in [-0.1, -0.05) is 6.42 Å². The molecule has 0 unspecified atom stereocenters. The van der Waals surface area contributed by atoms with E-state index < -0.39 is 11.6 Å². The molecule has 0 spiro atoms. The van der Waals surface area contributed by atoms with Gasteiger partial charge in [-0.3, -0.25) is 4.79 Å². The number of fused-ring (bicyclic) bond motifs is 3. The Labute approximate surface area is 148 Å². The van der Waals surface area contributed by atoms with Crippen LogP contribution >= 0.6 is 11.3 Å². The summed E-state index contributed by atoms with van der Waals surface area (Å²) in [5.41, 5.74) is 4.29. The summed E-state index contributed by atoms with van der Waals surface area (Å²) >= 11 is 1.63. The quantitative estimate of drug-likeness (QED) is 0.596. The average Bonchev–Trinajstić information content (AvgIpc) is 2.94. The lowest BCUT2D eigenvalue weighted by molar-refractivity contribution is 0.102. The molecule has 3 nitrogen and oxygen atoms in total. The minimum absolute atomic E-state index is 0.246. The summed E-state index contributed by atoms with van der Waals surface area (Å²) < 4.78 is 27.6. The molecule has 0 saturated carbocycles. The SMILES string of the molecule is Cc1sc2c3c([nH]c2c1C(=O)Nc1ccc(F)c(F)c1)CCCCC3. The van der Waals surface area contributed by atoms with Gasteiger partial charge in [0.05, 0.1) is 15.8 Å². The van der Waals surface area contributed by atoms with E-state index in [1.165, 1.54) is 30.2 Å². The first-order chi connectivity index (χ1) is 12.0. The van der Waals surface area contributed by atoms with Crippen molar-refractivity contribution in [3.8, 4) is 0 Å². The number of aromatic amines is 1. The molecule has 2 N–H and O–H groups in total. The van der Waals surface area contributed by atoms with Gasteiger partial charge in [0.2, 0.25) is 0 Å². The molecule has 1 aromatic carbocycles. The van der Waals surface area contributed by atoms with Crippen LogP contribution in [-0.4, -0.2) is 10.9 Å². The largest absolute Gasteiger partial charge is 0.357 e. The van der Waals surface area contributed by atoms with Gasteiger partial charge in [-0.15, -0.1) is 11.3 Å². The van der Waals surface area contributed by atoms with E-state index in [4.69, 9.17) is 0 Å². The fourth-order valence-corrected chi connectivity index (χ4v) is 4.75. The fraction of sp³-hybridized carbons (Fsp3) is 0.316. The highest BCUT2D eigenvalue weighted by molar-refractivity contribution is 7.19. The van der Waals surface area contributed by atoms with E-state index in [0.717, 1.165) is 46.5 Å². The van der Waals surface area contributed by atoms with Crippen molar-refractivity contribution in [1.29, 1.82) is 0 Å². The third-order valence-electron chi connectivity index (χ3n) is 4.76. The zero-order valence-corrected chi connectivity index (χ0v) is 14.7. The van der Waals surface area contributed by atoms with E-state index in [1.54, 1.807) is 11.3 Å². The molecule has 0 bridgehead atoms. The van der Waals surface area contributed by atoms with E-state index in [9.17, 15) is 13.6 Å². The van der Waals surface area contributed by atoms with Crippen LogP contribution < -0.4 is 5.32 Å². The highest BCUT2D eigenvalue weighted by Gasteiger charge is 2.23. The number of benzene rings is 1. The van der Waals surface area contributed by atoms with Crippen LogP contribution in [0.3, 0.4) is 0 Å². The van der Waals surface area contributed by atoms with Gasteiger partial charge in [0, 0.05) is 22.3 Å². The number of anilines is 1. The molecule has 1 aliphatic rings. The molecule has 1 aliphatic carbocycles. The Balaban J connectivity index is 1.71. The monoisotopic (exact) mass is 360 g/mol. The van der Waals surface area contributed by atoms with Gasteiger partial charge in [0.15, 0.2) is 11.6 Å². The Morgan fingerprint density at radius 2 is 1.96 bits per heavy atom. The summed E-state index contributed by atoms with van der Waals surface area (Å²) in [4.78, 5) is 17.1. The molecule has 0 radical (unpaired) electrons. The summed E-state index contributed by atoms with van der Waals surface area (Å²) in [7, 11) is 0. The molecule has 0 saturated heterocycles. The van der Waals surface area contributed by atoms with Crippen LogP contribution in [0.1, 0.15) is 45.8 Å². The van der Waals surface area contributed by atoms with Crippen molar-refractivity contribution in [2.75, 3.05) is 5.32 Å². The Morgan fingerprint density at radius 1 is 1.16 bits per heavy atom. The van der Waals surface area contributed by atoms with Crippen molar-refractivity contribution in [3.05, 3.63) is 51.5 Å². The van der Waals surface area contributed by atoms with E-state index in [0.29, 0.717) is 5.56 Å². The molecular weight excluding hydrogens is 342 g/mol. The number of hydrogen-bond acceptors (Lipinski definition) is 2. The molecule has 6 heteroatoms. The molecule has 1 amide bonds. The minimum atomic E-state index is -0.975. The van der Waals surface area contributed by atoms with Gasteiger partial charge >= 0.3 is 0 Å². The van der Waals surface area contributed by atoms with Crippen molar-refractivity contribution >= 4 is 33.1 Å². The maximum absolute atomic E-state index is 13.4. The van der Waals surface area contributed by atoms with Crippen LogP contribution in [0.25, 0.3) is 10.2 Å². The number of nitrogens with one attached hydrogen (secondary N) is 2. The number of rotatable bonds is 2. The number of hydrogen-bond donors (Lipinski definition) is 2. The van der Waals surface area contributed by atoms with Gasteiger partial charge in [-0.2, -0.15) is 0 Å². The summed E-state index contributed by atoms with van der Waals surface area (Å²) in [5, 5.41) is 2.68. The van der Waals surface area contributed by atoms with E-state index in [-0.39, 0.29) is 11.6 Å². The topological polar surface area (TPSA) is 44.9 Å². The molecule has 2 aromatic heterocycles. The third-order valence-corrected chi connectivity index (χ3v) is 5.92. The number of amides is 1. The smallest absolute Gasteiger partial charge is 0.258 e. The number of carbonyl (C=O) groups excluding carboxylic acids is 1. The Kier molecular flexibility index (Phi) is 4.07. The second-order valence-electron chi connectivity index (χ2n) is 6.46. The molecule has 3 aromatic rings. The van der Waals surface area contributed by atoms with Crippen LogP contribution in [0, 0.1) is 18.6 Å². The Hall–Kier alpha value is -2.21. The summed E-state index contributed by atoms with van der Waals surface area (Å²) in [6.45, 7) is 1.92. The molecule has 0 atom stereocenters. The van der Waals surface area contributed by atoms with E-state index in [1.807, 2.05) is 6.92 Å². The number of aryl methyl sites for hydroxylation is 3. The molecular formula is C19H18F2N2OS. The number of thiophene rings is 1. The van der Waals surface area contributed by atoms with Crippen molar-refractivity contribution in [2.24, 2.45) is 0 Å². The first-order valence-corrected chi connectivity index (χ1v) is 9.25. The van der Waals surface area contributed by atoms with Crippen LogP contribution in [0.4, 0.5) is 14.5 Å². The summed E-state index contributed by atoms with van der Waals surface area (Å²) in [6.07, 6.45) is 5.63. The predicted octanol–water partition coefficient (Wildman–Crippen LogP) is 5.34. The van der Waals surface area contributed by atoms with Gasteiger partial charge in [-0.25, -0.2) is 8.78 Å². The molecule has 0 fully saturated rings. The second kappa shape index (κ2) is 6.26. The maximum Gasteiger partial charge on any atom is 0.258 e. The normalized spacial score (nSPS) is 14.4. The van der Waals surface area contributed by atoms with Crippen LogP contribution in [-0.2, 0) is 12.8 Å². The average molecular weight is 360 g/mol. The first kappa shape index (κ1) is 16.3. The van der Waals surface area contributed by atoms with Crippen LogP contribution in [0.5, 0.6) is 0 Å². The van der Waals surface area contributed by atoms with Crippen molar-refractivity contribution < 1.29 is 13.6 Å². The number of H-pyrrole nitrogens is 1. The number of aromatic nitrogens is 1. The number of carbonyl (C=O) groups is 1. The molecule has 2 heterocycles. The fourth-order valence-electron chi connectivity index (χ4n) is 3.54. The van der Waals surface area contributed by atoms with Gasteiger partial charge in [0.25, 0.3) is 5.91 Å². The summed E-state index contributed by atoms with van der Waals surface area (Å²) in [6, 6.07) is 3.37. The lowest BCUT2D eigenvalue weighted by atomic mass is 10.1. The Morgan fingerprint density at radius 3 is 2.76 bits per heavy atom. The Bertz CT molecular complexity index is 974. The standard InChI is InChI=1S/C19H18F2N2OS/c1-10-16(19(24)22-11-7-8-13(20)14(21)9-11)17-18(25-10)12-5-3-2-4-6-15(12)23-17/h7-9,23H,2-6H2,1H3,(H,22,24). The molecule has 25 heavy (non-hydrogen) atoms. The van der Waals surface area contributed by atoms with Crippen molar-refractivity contribution in [2.45, 2.75) is 39.0 Å². The third kappa shape index (κ3) is 2.84.